The molecule has 1 N–H and O–H groups in total. The highest BCUT2D eigenvalue weighted by atomic mass is 16.4. The molecule has 1 heterocycles. The number of carbonyl (C=O) groups excluding carboxylic acids is 2. The Bertz CT molecular complexity index is 425. The van der Waals surface area contributed by atoms with E-state index in [2.05, 4.69) is 7.05 Å². The molecule has 0 aromatic heterocycles. The number of nitrogens with one attached hydrogen (secondary N) is 1. The molecule has 1 aliphatic heterocycles. The lowest BCUT2D eigenvalue weighted by Gasteiger charge is -2.39. The van der Waals surface area contributed by atoms with Crippen LogP contribution in [0.2, 0.25) is 0 Å². The number of amides is 1. The molecule has 3 atom stereocenters. The fourth-order valence-electron chi connectivity index (χ4n) is 3.42. The van der Waals surface area contributed by atoms with E-state index < -0.39 is 17.8 Å². The molecule has 0 aromatic carbocycles. The molecule has 1 saturated heterocycles. The van der Waals surface area contributed by atoms with E-state index in [0.717, 1.165) is 31.8 Å². The standard InChI is InChI=1S/C15H24N2O3/c1-10-8-11(2)13(15(19)20)12(9-10)14(18)17-6-4-16(3)5-7-17/h8,11-13H,4-7,9H2,1-3H3,(H,19,20)/t11-,12-,13-/m1/s1. The quantitative estimate of drug-likeness (QED) is 0.614. The first-order chi connectivity index (χ1) is 9.40. The molecule has 5 nitrogen and oxygen atoms in total. The van der Waals surface area contributed by atoms with E-state index in [4.69, 9.17) is 0 Å². The maximum Gasteiger partial charge on any atom is 0.227 e. The minimum atomic E-state index is -1.10. The summed E-state index contributed by atoms with van der Waals surface area (Å²) in [7, 11) is 2.11. The van der Waals surface area contributed by atoms with Crippen LogP contribution in [0.25, 0.3) is 0 Å². The molecule has 0 spiro atoms. The Kier molecular flexibility index (Phi) is 4.48. The van der Waals surface area contributed by atoms with Gasteiger partial charge in [0.15, 0.2) is 0 Å². The van der Waals surface area contributed by atoms with Crippen LogP contribution < -0.4 is 10.0 Å². The molecule has 0 unspecified atom stereocenters. The van der Waals surface area contributed by atoms with Crippen LogP contribution in [0.3, 0.4) is 0 Å². The van der Waals surface area contributed by atoms with E-state index in [0.29, 0.717) is 6.42 Å². The van der Waals surface area contributed by atoms with Gasteiger partial charge in [-0.15, -0.1) is 0 Å². The number of carboxylic acid groups (broad SMARTS) is 1. The predicted octanol–water partition coefficient (Wildman–Crippen LogP) is -1.69. The average molecular weight is 280 g/mol. The summed E-state index contributed by atoms with van der Waals surface area (Å²) in [5.41, 5.74) is 1.10. The smallest absolute Gasteiger partial charge is 0.227 e. The van der Waals surface area contributed by atoms with Crippen LogP contribution in [0.4, 0.5) is 0 Å². The normalized spacial score (nSPS) is 31.9. The largest absolute Gasteiger partial charge is 0.550 e. The van der Waals surface area contributed by atoms with Crippen molar-refractivity contribution in [3.8, 4) is 0 Å². The number of nitrogens with zero attached hydrogens (tertiary/aromatic N) is 1. The van der Waals surface area contributed by atoms with Crippen LogP contribution in [-0.2, 0) is 9.59 Å². The van der Waals surface area contributed by atoms with Gasteiger partial charge in [-0.25, -0.2) is 0 Å². The number of carboxylic acids is 1. The molecule has 0 radical (unpaired) electrons. The van der Waals surface area contributed by atoms with Crippen molar-refractivity contribution in [3.63, 3.8) is 0 Å². The first-order valence-corrected chi connectivity index (χ1v) is 7.38. The summed E-state index contributed by atoms with van der Waals surface area (Å²) in [5, 5.41) is 11.4. The van der Waals surface area contributed by atoms with Crippen molar-refractivity contribution in [1.82, 2.24) is 4.90 Å². The Balaban J connectivity index is 2.14. The van der Waals surface area contributed by atoms with Gasteiger partial charge in [-0.2, -0.15) is 0 Å². The molecule has 0 bridgehead atoms. The molecule has 1 fully saturated rings. The monoisotopic (exact) mass is 280 g/mol. The fraction of sp³-hybridized carbons (Fsp3) is 0.733. The van der Waals surface area contributed by atoms with Crippen molar-refractivity contribution in [3.05, 3.63) is 11.6 Å². The van der Waals surface area contributed by atoms with Crippen LogP contribution >= 0.6 is 0 Å². The molecule has 1 aliphatic carbocycles. The molecular weight excluding hydrogens is 256 g/mol. The summed E-state index contributed by atoms with van der Waals surface area (Å²) in [6.07, 6.45) is 2.50. The van der Waals surface area contributed by atoms with Gasteiger partial charge >= 0.3 is 0 Å². The summed E-state index contributed by atoms with van der Waals surface area (Å²) in [6.45, 7) is 7.13. The molecule has 112 valence electrons. The SMILES string of the molecule is CC1=C[C@@H](C)[C@@H](C(=O)[O-])[C@H](C(=O)N2CC[NH+](C)CC2)C1. The van der Waals surface area contributed by atoms with Gasteiger partial charge in [-0.3, -0.25) is 4.79 Å². The van der Waals surface area contributed by atoms with Gasteiger partial charge in [-0.05, 0) is 19.3 Å². The summed E-state index contributed by atoms with van der Waals surface area (Å²) < 4.78 is 0. The lowest BCUT2D eigenvalue weighted by atomic mass is 9.73. The zero-order valence-corrected chi connectivity index (χ0v) is 12.5. The van der Waals surface area contributed by atoms with E-state index in [1.54, 1.807) is 0 Å². The third-order valence-corrected chi connectivity index (χ3v) is 4.61. The zero-order valence-electron chi connectivity index (χ0n) is 12.5. The summed E-state index contributed by atoms with van der Waals surface area (Å²) >= 11 is 0. The minimum Gasteiger partial charge on any atom is -0.550 e. The van der Waals surface area contributed by atoms with Crippen molar-refractivity contribution in [2.75, 3.05) is 33.2 Å². The van der Waals surface area contributed by atoms with Crippen molar-refractivity contribution in [2.45, 2.75) is 20.3 Å². The Morgan fingerprint density at radius 3 is 2.50 bits per heavy atom. The van der Waals surface area contributed by atoms with Crippen LogP contribution in [-0.4, -0.2) is 50.0 Å². The van der Waals surface area contributed by atoms with E-state index in [9.17, 15) is 14.7 Å². The van der Waals surface area contributed by atoms with Gasteiger partial charge in [-0.1, -0.05) is 18.6 Å². The summed E-state index contributed by atoms with van der Waals surface area (Å²) in [5.74, 6) is -2.40. The van der Waals surface area contributed by atoms with E-state index in [1.165, 1.54) is 4.90 Å². The van der Waals surface area contributed by atoms with Gasteiger partial charge in [0, 0.05) is 11.9 Å². The number of likely N-dealkylation sites (N-methyl/N-ethyl adjacent to an activating group) is 1. The molecule has 0 saturated carbocycles. The molecule has 2 rings (SSSR count). The van der Waals surface area contributed by atoms with Gasteiger partial charge in [0.1, 0.15) is 0 Å². The Labute approximate surface area is 120 Å². The molecule has 5 heteroatoms. The third-order valence-electron chi connectivity index (χ3n) is 4.61. The number of aliphatic carboxylic acids is 1. The number of carbonyl (C=O) groups is 2. The summed E-state index contributed by atoms with van der Waals surface area (Å²) in [4.78, 5) is 27.3. The van der Waals surface area contributed by atoms with Crippen molar-refractivity contribution in [1.29, 1.82) is 0 Å². The van der Waals surface area contributed by atoms with Crippen LogP contribution in [0.5, 0.6) is 0 Å². The highest BCUT2D eigenvalue weighted by molar-refractivity contribution is 5.85. The predicted molar refractivity (Wildman–Crippen MR) is 72.7 cm³/mol. The lowest BCUT2D eigenvalue weighted by molar-refractivity contribution is -0.883. The Hall–Kier alpha value is -1.36. The van der Waals surface area contributed by atoms with Crippen molar-refractivity contribution < 1.29 is 19.6 Å². The topological polar surface area (TPSA) is 64.9 Å². The molecular formula is C15H24N2O3. The highest BCUT2D eigenvalue weighted by Gasteiger charge is 2.38. The van der Waals surface area contributed by atoms with E-state index >= 15 is 0 Å². The van der Waals surface area contributed by atoms with Crippen LogP contribution in [0.15, 0.2) is 11.6 Å². The number of allylic oxidation sites excluding steroid dienone is 2. The maximum atomic E-state index is 12.7. The van der Waals surface area contributed by atoms with Gasteiger partial charge in [0.25, 0.3) is 0 Å². The van der Waals surface area contributed by atoms with Crippen molar-refractivity contribution >= 4 is 11.9 Å². The third kappa shape index (κ3) is 3.03. The minimum absolute atomic E-state index is 0.00833. The lowest BCUT2D eigenvalue weighted by Crippen LogP contribution is -3.12. The average Bonchev–Trinajstić information content (AvgIpc) is 2.37. The maximum absolute atomic E-state index is 12.7. The van der Waals surface area contributed by atoms with Crippen LogP contribution in [0, 0.1) is 17.8 Å². The first-order valence-electron chi connectivity index (χ1n) is 7.38. The number of quaternary nitrogens is 1. The van der Waals surface area contributed by atoms with E-state index in [-0.39, 0.29) is 11.8 Å². The first kappa shape index (κ1) is 15.0. The molecule has 2 aliphatic rings. The number of rotatable bonds is 2. The van der Waals surface area contributed by atoms with Crippen molar-refractivity contribution in [2.24, 2.45) is 17.8 Å². The van der Waals surface area contributed by atoms with Gasteiger partial charge in [0.2, 0.25) is 5.91 Å². The second-order valence-electron chi connectivity index (χ2n) is 6.31. The zero-order chi connectivity index (χ0) is 14.9. The molecule has 0 aromatic rings. The summed E-state index contributed by atoms with van der Waals surface area (Å²) in [6, 6.07) is 0. The highest BCUT2D eigenvalue weighted by Crippen LogP contribution is 2.34. The second kappa shape index (κ2) is 5.95. The van der Waals surface area contributed by atoms with Crippen LogP contribution in [0.1, 0.15) is 20.3 Å². The van der Waals surface area contributed by atoms with E-state index in [1.807, 2.05) is 24.8 Å². The van der Waals surface area contributed by atoms with Gasteiger partial charge in [0.05, 0.1) is 39.1 Å². The number of hydrogen-bond donors (Lipinski definition) is 1. The number of piperazine rings is 1. The fourth-order valence-corrected chi connectivity index (χ4v) is 3.42. The Morgan fingerprint density at radius 2 is 1.95 bits per heavy atom. The second-order valence-corrected chi connectivity index (χ2v) is 6.31. The Morgan fingerprint density at radius 1 is 1.35 bits per heavy atom. The molecule has 20 heavy (non-hydrogen) atoms. The number of hydrogen-bond acceptors (Lipinski definition) is 3. The molecule has 1 amide bonds. The van der Waals surface area contributed by atoms with Gasteiger partial charge < -0.3 is 19.7 Å².